The first-order chi connectivity index (χ1) is 8.65. The van der Waals surface area contributed by atoms with Crippen molar-refractivity contribution in [1.82, 2.24) is 9.80 Å². The SMILES string of the molecule is CN1CCN(CCCOc2ccc(N)cc2N)C1. The number of nitrogen functional groups attached to an aromatic ring is 2. The summed E-state index contributed by atoms with van der Waals surface area (Å²) in [6, 6.07) is 5.36. The van der Waals surface area contributed by atoms with E-state index in [4.69, 9.17) is 16.2 Å². The molecule has 1 aromatic rings. The molecule has 1 saturated heterocycles. The molecule has 0 aromatic heterocycles. The number of nitrogens with zero attached hydrogens (tertiary/aromatic N) is 2. The molecule has 1 fully saturated rings. The van der Waals surface area contributed by atoms with Crippen molar-refractivity contribution < 1.29 is 4.74 Å². The van der Waals surface area contributed by atoms with E-state index in [1.165, 1.54) is 0 Å². The van der Waals surface area contributed by atoms with Gasteiger partial charge >= 0.3 is 0 Å². The quantitative estimate of drug-likeness (QED) is 0.598. The van der Waals surface area contributed by atoms with Gasteiger partial charge in [0.05, 0.1) is 19.0 Å². The number of hydrogen-bond donors (Lipinski definition) is 2. The lowest BCUT2D eigenvalue weighted by atomic mass is 10.2. The van der Waals surface area contributed by atoms with E-state index in [2.05, 4.69) is 16.8 Å². The van der Waals surface area contributed by atoms with Crippen LogP contribution in [-0.2, 0) is 0 Å². The van der Waals surface area contributed by atoms with Gasteiger partial charge in [0.2, 0.25) is 0 Å². The first kappa shape index (κ1) is 13.0. The van der Waals surface area contributed by atoms with E-state index in [0.29, 0.717) is 18.0 Å². The normalized spacial score (nSPS) is 17.2. The maximum Gasteiger partial charge on any atom is 0.142 e. The Hall–Kier alpha value is -1.46. The second-order valence-electron chi connectivity index (χ2n) is 4.84. The van der Waals surface area contributed by atoms with Crippen molar-refractivity contribution in [3.05, 3.63) is 18.2 Å². The number of rotatable bonds is 5. The van der Waals surface area contributed by atoms with Crippen molar-refractivity contribution in [3.63, 3.8) is 0 Å². The average Bonchev–Trinajstić information content (AvgIpc) is 2.73. The standard InChI is InChI=1S/C13H22N4O/c1-16-6-7-17(10-16)5-2-8-18-13-4-3-11(14)9-12(13)15/h3-4,9H,2,5-8,10,14-15H2,1H3. The summed E-state index contributed by atoms with van der Waals surface area (Å²) >= 11 is 0. The molecule has 1 aromatic carbocycles. The van der Waals surface area contributed by atoms with Crippen LogP contribution >= 0.6 is 0 Å². The highest BCUT2D eigenvalue weighted by Gasteiger charge is 2.15. The minimum Gasteiger partial charge on any atom is -0.491 e. The topological polar surface area (TPSA) is 67.8 Å². The summed E-state index contributed by atoms with van der Waals surface area (Å²) in [6.07, 6.45) is 1.01. The highest BCUT2D eigenvalue weighted by atomic mass is 16.5. The Morgan fingerprint density at radius 1 is 1.28 bits per heavy atom. The first-order valence-corrected chi connectivity index (χ1v) is 6.34. The zero-order chi connectivity index (χ0) is 13.0. The molecule has 0 saturated carbocycles. The van der Waals surface area contributed by atoms with Crippen LogP contribution in [0.4, 0.5) is 11.4 Å². The van der Waals surface area contributed by atoms with Crippen LogP contribution in [0.1, 0.15) is 6.42 Å². The van der Waals surface area contributed by atoms with Gasteiger partial charge in [0.1, 0.15) is 5.75 Å². The van der Waals surface area contributed by atoms with Crippen molar-refractivity contribution in [2.75, 3.05) is 51.4 Å². The van der Waals surface area contributed by atoms with E-state index in [1.807, 2.05) is 6.07 Å². The van der Waals surface area contributed by atoms with Crippen LogP contribution in [0, 0.1) is 0 Å². The van der Waals surface area contributed by atoms with Crippen molar-refractivity contribution in [1.29, 1.82) is 0 Å². The van der Waals surface area contributed by atoms with Crippen LogP contribution < -0.4 is 16.2 Å². The summed E-state index contributed by atoms with van der Waals surface area (Å²) in [7, 11) is 2.14. The van der Waals surface area contributed by atoms with Gasteiger partial charge in [0.15, 0.2) is 0 Å². The van der Waals surface area contributed by atoms with Crippen LogP contribution in [0.5, 0.6) is 5.75 Å². The molecule has 0 amide bonds. The molecule has 0 bridgehead atoms. The third-order valence-electron chi connectivity index (χ3n) is 3.15. The molecule has 0 radical (unpaired) electrons. The molecule has 0 unspecified atom stereocenters. The first-order valence-electron chi connectivity index (χ1n) is 6.34. The lowest BCUT2D eigenvalue weighted by molar-refractivity contribution is 0.239. The number of nitrogens with two attached hydrogens (primary N) is 2. The minimum atomic E-state index is 0.607. The second kappa shape index (κ2) is 5.93. The Morgan fingerprint density at radius 3 is 2.78 bits per heavy atom. The number of likely N-dealkylation sites (N-methyl/N-ethyl adjacent to an activating group) is 1. The Bertz CT molecular complexity index is 397. The molecule has 2 rings (SSSR count). The minimum absolute atomic E-state index is 0.607. The van der Waals surface area contributed by atoms with E-state index in [-0.39, 0.29) is 0 Å². The van der Waals surface area contributed by atoms with E-state index in [1.54, 1.807) is 12.1 Å². The molecular formula is C13H22N4O. The van der Waals surface area contributed by atoms with E-state index in [0.717, 1.165) is 38.5 Å². The highest BCUT2D eigenvalue weighted by molar-refractivity contribution is 5.60. The Morgan fingerprint density at radius 2 is 2.11 bits per heavy atom. The van der Waals surface area contributed by atoms with Gasteiger partial charge in [-0.15, -0.1) is 0 Å². The van der Waals surface area contributed by atoms with Gasteiger partial charge in [-0.1, -0.05) is 0 Å². The number of anilines is 2. The summed E-state index contributed by atoms with van der Waals surface area (Å²) in [4.78, 5) is 4.74. The molecule has 1 aliphatic rings. The lowest BCUT2D eigenvalue weighted by Gasteiger charge is -2.15. The Labute approximate surface area is 108 Å². The van der Waals surface area contributed by atoms with Crippen LogP contribution in [0.3, 0.4) is 0 Å². The molecule has 0 spiro atoms. The largest absolute Gasteiger partial charge is 0.491 e. The van der Waals surface area contributed by atoms with Crippen molar-refractivity contribution >= 4 is 11.4 Å². The third-order valence-corrected chi connectivity index (χ3v) is 3.15. The second-order valence-corrected chi connectivity index (χ2v) is 4.84. The highest BCUT2D eigenvalue weighted by Crippen LogP contribution is 2.23. The fraction of sp³-hybridized carbons (Fsp3) is 0.538. The van der Waals surface area contributed by atoms with Crippen LogP contribution in [0.15, 0.2) is 18.2 Å². The molecule has 4 N–H and O–H groups in total. The maximum absolute atomic E-state index is 5.82. The predicted octanol–water partition coefficient (Wildman–Crippen LogP) is 0.825. The van der Waals surface area contributed by atoms with Crippen molar-refractivity contribution in [2.45, 2.75) is 6.42 Å². The van der Waals surface area contributed by atoms with Crippen LogP contribution in [0.2, 0.25) is 0 Å². The molecular weight excluding hydrogens is 228 g/mol. The summed E-state index contributed by atoms with van der Waals surface area (Å²) in [5.74, 6) is 0.725. The van der Waals surface area contributed by atoms with Crippen molar-refractivity contribution in [3.8, 4) is 5.75 Å². The van der Waals surface area contributed by atoms with Gasteiger partial charge in [-0.3, -0.25) is 9.80 Å². The van der Waals surface area contributed by atoms with Crippen molar-refractivity contribution in [2.24, 2.45) is 0 Å². The zero-order valence-electron chi connectivity index (χ0n) is 10.9. The summed E-state index contributed by atoms with van der Waals surface area (Å²) in [5, 5.41) is 0. The molecule has 1 aliphatic heterocycles. The Kier molecular flexibility index (Phi) is 4.28. The lowest BCUT2D eigenvalue weighted by Crippen LogP contribution is -2.25. The van der Waals surface area contributed by atoms with Gasteiger partial charge in [0, 0.05) is 25.3 Å². The van der Waals surface area contributed by atoms with E-state index >= 15 is 0 Å². The summed E-state index contributed by atoms with van der Waals surface area (Å²) in [5.41, 5.74) is 12.7. The fourth-order valence-electron chi connectivity index (χ4n) is 2.15. The smallest absolute Gasteiger partial charge is 0.142 e. The molecule has 5 nitrogen and oxygen atoms in total. The van der Waals surface area contributed by atoms with E-state index in [9.17, 15) is 0 Å². The molecule has 18 heavy (non-hydrogen) atoms. The molecule has 0 atom stereocenters. The summed E-state index contributed by atoms with van der Waals surface area (Å²) in [6.45, 7) is 5.13. The fourth-order valence-corrected chi connectivity index (χ4v) is 2.15. The molecule has 100 valence electrons. The van der Waals surface area contributed by atoms with Gasteiger partial charge in [-0.2, -0.15) is 0 Å². The zero-order valence-corrected chi connectivity index (χ0v) is 10.9. The number of hydrogen-bond acceptors (Lipinski definition) is 5. The van der Waals surface area contributed by atoms with Gasteiger partial charge in [-0.05, 0) is 31.7 Å². The number of ether oxygens (including phenoxy) is 1. The van der Waals surface area contributed by atoms with Crippen LogP contribution in [-0.4, -0.2) is 49.8 Å². The Balaban J connectivity index is 1.69. The predicted molar refractivity (Wildman–Crippen MR) is 74.4 cm³/mol. The van der Waals surface area contributed by atoms with Gasteiger partial charge in [0.25, 0.3) is 0 Å². The monoisotopic (exact) mass is 250 g/mol. The average molecular weight is 250 g/mol. The number of benzene rings is 1. The maximum atomic E-state index is 5.82. The van der Waals surface area contributed by atoms with Crippen LogP contribution in [0.25, 0.3) is 0 Å². The molecule has 1 heterocycles. The molecule has 0 aliphatic carbocycles. The third kappa shape index (κ3) is 3.51. The summed E-state index contributed by atoms with van der Waals surface area (Å²) < 4.78 is 5.66. The van der Waals surface area contributed by atoms with Gasteiger partial charge < -0.3 is 16.2 Å². The van der Waals surface area contributed by atoms with Gasteiger partial charge in [-0.25, -0.2) is 0 Å². The van der Waals surface area contributed by atoms with E-state index < -0.39 is 0 Å². The molecule has 5 heteroatoms.